The van der Waals surface area contributed by atoms with Crippen molar-refractivity contribution in [1.82, 2.24) is 0 Å². The predicted molar refractivity (Wildman–Crippen MR) is 53.8 cm³/mol. The Morgan fingerprint density at radius 2 is 2.27 bits per heavy atom. The van der Waals surface area contributed by atoms with E-state index in [-0.39, 0.29) is 17.0 Å². The predicted octanol–water partition coefficient (Wildman–Crippen LogP) is 1.41. The number of phenolic OH excluding ortho intramolecular Hbond substituents is 1. The molecule has 0 saturated heterocycles. The molecule has 0 unspecified atom stereocenters. The Bertz CT molecular complexity index is 462. The van der Waals surface area contributed by atoms with Crippen LogP contribution in [0.15, 0.2) is 12.1 Å². The lowest BCUT2D eigenvalue weighted by atomic mass is 10.2. The van der Waals surface area contributed by atoms with Gasteiger partial charge in [-0.25, -0.2) is 4.39 Å². The summed E-state index contributed by atoms with van der Waals surface area (Å²) in [7, 11) is 0. The minimum Gasteiger partial charge on any atom is -0.504 e. The number of hydrogen-bond donors (Lipinski definition) is 2. The van der Waals surface area contributed by atoms with Crippen LogP contribution in [-0.4, -0.2) is 11.0 Å². The van der Waals surface area contributed by atoms with E-state index in [9.17, 15) is 14.3 Å². The highest BCUT2D eigenvalue weighted by Gasteiger charge is 2.06. The van der Waals surface area contributed by atoms with Crippen molar-refractivity contribution in [2.75, 3.05) is 0 Å². The third-order valence-electron chi connectivity index (χ3n) is 1.51. The number of phenols is 1. The molecule has 0 atom stereocenters. The van der Waals surface area contributed by atoms with Crippen LogP contribution in [0.3, 0.4) is 0 Å². The maximum absolute atomic E-state index is 12.9. The molecule has 0 fully saturated rings. The molecular formula is C10H7ClFNO2. The highest BCUT2D eigenvalue weighted by atomic mass is 35.5. The van der Waals surface area contributed by atoms with Crippen molar-refractivity contribution in [3.63, 3.8) is 0 Å². The number of rotatable bonds is 1. The third kappa shape index (κ3) is 3.15. The summed E-state index contributed by atoms with van der Waals surface area (Å²) in [4.78, 5) is 10.4. The zero-order valence-electron chi connectivity index (χ0n) is 7.55. The summed E-state index contributed by atoms with van der Waals surface area (Å²) in [6, 6.07) is 2.27. The molecule has 0 saturated carbocycles. The minimum atomic E-state index is -0.856. The van der Waals surface area contributed by atoms with E-state index in [0.717, 1.165) is 6.07 Å². The standard InChI is InChI=1S/C10H7ClFNO2/c11-7-4-6(2-1-3-9(13)14)10(15)8(12)5-7/h4-5,15H,3H2,(H2,13,14). The lowest BCUT2D eigenvalue weighted by Gasteiger charge is -1.99. The summed E-state index contributed by atoms with van der Waals surface area (Å²) in [6.07, 6.45) is -0.159. The molecule has 15 heavy (non-hydrogen) atoms. The van der Waals surface area contributed by atoms with Gasteiger partial charge in [-0.3, -0.25) is 4.79 Å². The van der Waals surface area contributed by atoms with Crippen LogP contribution in [0.5, 0.6) is 5.75 Å². The van der Waals surface area contributed by atoms with E-state index >= 15 is 0 Å². The maximum Gasteiger partial charge on any atom is 0.229 e. The topological polar surface area (TPSA) is 63.3 Å². The van der Waals surface area contributed by atoms with Crippen molar-refractivity contribution < 1.29 is 14.3 Å². The summed E-state index contributed by atoms with van der Waals surface area (Å²) >= 11 is 5.55. The summed E-state index contributed by atoms with van der Waals surface area (Å²) in [6.45, 7) is 0. The molecule has 1 aromatic carbocycles. The van der Waals surface area contributed by atoms with Gasteiger partial charge < -0.3 is 10.8 Å². The molecule has 5 heteroatoms. The average molecular weight is 228 g/mol. The first-order valence-corrected chi connectivity index (χ1v) is 4.33. The van der Waals surface area contributed by atoms with Crippen molar-refractivity contribution in [3.05, 3.63) is 28.5 Å². The molecule has 0 spiro atoms. The average Bonchev–Trinajstić information content (AvgIpc) is 2.12. The van der Waals surface area contributed by atoms with E-state index in [0.29, 0.717) is 0 Å². The van der Waals surface area contributed by atoms with Gasteiger partial charge in [0.25, 0.3) is 0 Å². The Balaban J connectivity index is 3.02. The van der Waals surface area contributed by atoms with Gasteiger partial charge in [0.2, 0.25) is 5.91 Å². The lowest BCUT2D eigenvalue weighted by molar-refractivity contribution is -0.117. The van der Waals surface area contributed by atoms with Gasteiger partial charge in [-0.15, -0.1) is 0 Å². The zero-order chi connectivity index (χ0) is 11.4. The number of halogens is 2. The first-order valence-electron chi connectivity index (χ1n) is 3.96. The molecule has 0 aliphatic heterocycles. The number of primary amides is 1. The number of carbonyl (C=O) groups excluding carboxylic acids is 1. The van der Waals surface area contributed by atoms with Gasteiger partial charge in [0.15, 0.2) is 11.6 Å². The van der Waals surface area contributed by atoms with E-state index in [4.69, 9.17) is 17.3 Å². The molecule has 1 rings (SSSR count). The molecule has 3 N–H and O–H groups in total. The number of amides is 1. The van der Waals surface area contributed by atoms with Crippen LogP contribution in [0.25, 0.3) is 0 Å². The Kier molecular flexibility index (Phi) is 3.53. The zero-order valence-corrected chi connectivity index (χ0v) is 8.31. The van der Waals surface area contributed by atoms with Gasteiger partial charge in [0, 0.05) is 5.02 Å². The summed E-state index contributed by atoms with van der Waals surface area (Å²) < 4.78 is 12.9. The lowest BCUT2D eigenvalue weighted by Crippen LogP contribution is -2.08. The molecule has 0 aliphatic carbocycles. The minimum absolute atomic E-state index is 0.0289. The van der Waals surface area contributed by atoms with Crippen molar-refractivity contribution in [3.8, 4) is 17.6 Å². The first kappa shape index (κ1) is 11.3. The van der Waals surface area contributed by atoms with Crippen LogP contribution in [0.4, 0.5) is 4.39 Å². The Labute approximate surface area is 90.7 Å². The fraction of sp³-hybridized carbons (Fsp3) is 0.100. The number of benzene rings is 1. The SMILES string of the molecule is NC(=O)CC#Cc1cc(Cl)cc(F)c1O. The molecule has 0 aliphatic rings. The van der Waals surface area contributed by atoms with Crippen molar-refractivity contribution in [1.29, 1.82) is 0 Å². The Morgan fingerprint density at radius 3 is 2.87 bits per heavy atom. The normalized spacial score (nSPS) is 9.20. The van der Waals surface area contributed by atoms with E-state index in [1.54, 1.807) is 0 Å². The van der Waals surface area contributed by atoms with Gasteiger partial charge >= 0.3 is 0 Å². The van der Waals surface area contributed by atoms with Crippen LogP contribution >= 0.6 is 11.6 Å². The monoisotopic (exact) mass is 227 g/mol. The number of carbonyl (C=O) groups is 1. The molecule has 78 valence electrons. The summed E-state index contributed by atoms with van der Waals surface area (Å²) in [5, 5.41) is 9.35. The van der Waals surface area contributed by atoms with Gasteiger partial charge in [0.05, 0.1) is 12.0 Å². The summed E-state index contributed by atoms with van der Waals surface area (Å²) in [5.74, 6) is 2.75. The molecule has 0 radical (unpaired) electrons. The number of hydrogen-bond acceptors (Lipinski definition) is 2. The van der Waals surface area contributed by atoms with E-state index < -0.39 is 17.5 Å². The van der Waals surface area contributed by atoms with Crippen molar-refractivity contribution in [2.45, 2.75) is 6.42 Å². The second-order valence-corrected chi connectivity index (χ2v) is 3.17. The molecule has 0 bridgehead atoms. The van der Waals surface area contributed by atoms with Gasteiger partial charge in [-0.1, -0.05) is 23.4 Å². The fourth-order valence-electron chi connectivity index (χ4n) is 0.888. The van der Waals surface area contributed by atoms with Gasteiger partial charge in [-0.05, 0) is 12.1 Å². The maximum atomic E-state index is 12.9. The fourth-order valence-corrected chi connectivity index (χ4v) is 1.09. The number of nitrogens with two attached hydrogens (primary N) is 1. The molecule has 0 heterocycles. The molecule has 3 nitrogen and oxygen atoms in total. The van der Waals surface area contributed by atoms with Crippen molar-refractivity contribution in [2.24, 2.45) is 5.73 Å². The highest BCUT2D eigenvalue weighted by Crippen LogP contribution is 2.24. The number of aromatic hydroxyl groups is 1. The molecule has 0 aromatic heterocycles. The second-order valence-electron chi connectivity index (χ2n) is 2.73. The summed E-state index contributed by atoms with van der Waals surface area (Å²) in [5.41, 5.74) is 4.88. The van der Waals surface area contributed by atoms with Crippen LogP contribution in [0.2, 0.25) is 5.02 Å². The van der Waals surface area contributed by atoms with E-state index in [1.807, 2.05) is 0 Å². The molecule has 1 aromatic rings. The van der Waals surface area contributed by atoms with Crippen LogP contribution in [0, 0.1) is 17.7 Å². The van der Waals surface area contributed by atoms with Crippen LogP contribution < -0.4 is 5.73 Å². The first-order chi connectivity index (χ1) is 7.00. The Morgan fingerprint density at radius 1 is 1.60 bits per heavy atom. The van der Waals surface area contributed by atoms with Crippen LogP contribution in [0.1, 0.15) is 12.0 Å². The van der Waals surface area contributed by atoms with Crippen LogP contribution in [-0.2, 0) is 4.79 Å². The largest absolute Gasteiger partial charge is 0.504 e. The molecular weight excluding hydrogens is 221 g/mol. The van der Waals surface area contributed by atoms with E-state index in [1.165, 1.54) is 6.07 Å². The van der Waals surface area contributed by atoms with E-state index in [2.05, 4.69) is 11.8 Å². The van der Waals surface area contributed by atoms with Gasteiger partial charge in [0.1, 0.15) is 0 Å². The Hall–Kier alpha value is -1.73. The van der Waals surface area contributed by atoms with Gasteiger partial charge in [-0.2, -0.15) is 0 Å². The highest BCUT2D eigenvalue weighted by molar-refractivity contribution is 6.30. The third-order valence-corrected chi connectivity index (χ3v) is 1.73. The molecule has 1 amide bonds. The van der Waals surface area contributed by atoms with Crippen molar-refractivity contribution >= 4 is 17.5 Å². The quantitative estimate of drug-likeness (QED) is 0.713. The second kappa shape index (κ2) is 4.67. The smallest absolute Gasteiger partial charge is 0.229 e.